The van der Waals surface area contributed by atoms with Crippen molar-refractivity contribution in [2.45, 2.75) is 6.92 Å². The van der Waals surface area contributed by atoms with Crippen LogP contribution in [0.15, 0.2) is 69.9 Å². The van der Waals surface area contributed by atoms with E-state index in [0.29, 0.717) is 5.69 Å². The van der Waals surface area contributed by atoms with E-state index in [2.05, 4.69) is 25.7 Å². The zero-order valence-corrected chi connectivity index (χ0v) is 13.7. The predicted molar refractivity (Wildman–Crippen MR) is 98.9 cm³/mol. The summed E-state index contributed by atoms with van der Waals surface area (Å²) in [5.41, 5.74) is 5.57. The van der Waals surface area contributed by atoms with Gasteiger partial charge in [-0.05, 0) is 30.8 Å². The molecule has 0 amide bonds. The summed E-state index contributed by atoms with van der Waals surface area (Å²) < 4.78 is 0. The molecule has 0 fully saturated rings. The first kappa shape index (κ1) is 15.8. The number of nitrogens with one attached hydrogen (secondary N) is 2. The Labute approximate surface area is 143 Å². The summed E-state index contributed by atoms with van der Waals surface area (Å²) >= 11 is 5.09. The molecule has 6 nitrogen and oxygen atoms in total. The smallest absolute Gasteiger partial charge is 0.234 e. The molecule has 0 spiro atoms. The van der Waals surface area contributed by atoms with Crippen molar-refractivity contribution in [1.82, 2.24) is 10.4 Å². The number of aromatic amines is 1. The Balaban J connectivity index is 1.72. The van der Waals surface area contributed by atoms with Crippen LogP contribution < -0.4 is 5.43 Å². The van der Waals surface area contributed by atoms with Crippen LogP contribution in [0.1, 0.15) is 12.5 Å². The van der Waals surface area contributed by atoms with E-state index in [4.69, 9.17) is 12.2 Å². The normalized spacial score (nSPS) is 12.0. The largest absolute Gasteiger partial charge is 0.493 e. The Morgan fingerprint density at radius 1 is 1.08 bits per heavy atom. The maximum atomic E-state index is 9.91. The number of thiocarbonyl (C=S) groups is 1. The van der Waals surface area contributed by atoms with E-state index in [1.165, 1.54) is 0 Å². The quantitative estimate of drug-likeness (QED) is 0.289. The molecule has 0 radical (unpaired) electrons. The van der Waals surface area contributed by atoms with Gasteiger partial charge in [0.25, 0.3) is 0 Å². The van der Waals surface area contributed by atoms with E-state index in [1.807, 2.05) is 61.5 Å². The summed E-state index contributed by atoms with van der Waals surface area (Å²) in [4.78, 5) is 2.83. The van der Waals surface area contributed by atoms with Crippen molar-refractivity contribution >= 4 is 39.6 Å². The number of aromatic nitrogens is 1. The standard InChI is InChI=1S/C17H15N5OS/c1-11(12-7-3-2-4-8-12)19-21-17(24)22-20-15-13-9-5-6-10-14(13)18-16(15)23/h2-10,18,23H,1H3,(H,21,24)/b19-11+,22-20?. The van der Waals surface area contributed by atoms with Crippen molar-refractivity contribution < 1.29 is 5.11 Å². The minimum atomic E-state index is -0.0493. The number of rotatable bonds is 3. The zero-order valence-electron chi connectivity index (χ0n) is 12.9. The second-order valence-electron chi connectivity index (χ2n) is 5.05. The number of nitrogens with zero attached hydrogens (tertiary/aromatic N) is 3. The van der Waals surface area contributed by atoms with Gasteiger partial charge < -0.3 is 10.1 Å². The molecule has 120 valence electrons. The molecule has 7 heteroatoms. The van der Waals surface area contributed by atoms with Crippen LogP contribution in [0.2, 0.25) is 0 Å². The van der Waals surface area contributed by atoms with Crippen LogP contribution in [0.25, 0.3) is 10.9 Å². The summed E-state index contributed by atoms with van der Waals surface area (Å²) in [5.74, 6) is -0.0493. The monoisotopic (exact) mass is 337 g/mol. The average molecular weight is 337 g/mol. The second kappa shape index (κ2) is 7.01. The van der Waals surface area contributed by atoms with E-state index >= 15 is 0 Å². The van der Waals surface area contributed by atoms with E-state index in [0.717, 1.165) is 22.2 Å². The molecule has 3 N–H and O–H groups in total. The number of para-hydroxylation sites is 1. The Hall–Kier alpha value is -3.06. The topological polar surface area (TPSA) is 85.1 Å². The third kappa shape index (κ3) is 3.47. The van der Waals surface area contributed by atoms with Crippen LogP contribution >= 0.6 is 12.2 Å². The van der Waals surface area contributed by atoms with Crippen LogP contribution in [0.3, 0.4) is 0 Å². The summed E-state index contributed by atoms with van der Waals surface area (Å²) in [6.07, 6.45) is 0. The Morgan fingerprint density at radius 3 is 2.58 bits per heavy atom. The number of H-pyrrole nitrogens is 1. The zero-order chi connectivity index (χ0) is 16.9. The minimum absolute atomic E-state index is 0.0493. The van der Waals surface area contributed by atoms with Crippen LogP contribution in [-0.4, -0.2) is 20.9 Å². The molecule has 0 aliphatic rings. The van der Waals surface area contributed by atoms with E-state index in [9.17, 15) is 5.11 Å². The molecule has 24 heavy (non-hydrogen) atoms. The average Bonchev–Trinajstić information content (AvgIpc) is 2.93. The lowest BCUT2D eigenvalue weighted by molar-refractivity contribution is 0.459. The lowest BCUT2D eigenvalue weighted by Crippen LogP contribution is -2.14. The molecule has 0 unspecified atom stereocenters. The molecule has 0 aliphatic carbocycles. The van der Waals surface area contributed by atoms with Crippen molar-refractivity contribution in [3.63, 3.8) is 0 Å². The molecular weight excluding hydrogens is 322 g/mol. The van der Waals surface area contributed by atoms with Crippen LogP contribution in [0.5, 0.6) is 5.88 Å². The van der Waals surface area contributed by atoms with Crippen LogP contribution in [-0.2, 0) is 0 Å². The van der Waals surface area contributed by atoms with Crippen molar-refractivity contribution in [2.75, 3.05) is 0 Å². The van der Waals surface area contributed by atoms with Gasteiger partial charge in [0.1, 0.15) is 0 Å². The summed E-state index contributed by atoms with van der Waals surface area (Å²) in [6.45, 7) is 1.87. The van der Waals surface area contributed by atoms with Gasteiger partial charge in [-0.1, -0.05) is 48.5 Å². The van der Waals surface area contributed by atoms with Crippen LogP contribution in [0.4, 0.5) is 5.69 Å². The lowest BCUT2D eigenvalue weighted by Gasteiger charge is -2.01. The van der Waals surface area contributed by atoms with Gasteiger partial charge in [-0.3, -0.25) is 5.43 Å². The third-order valence-electron chi connectivity index (χ3n) is 3.41. The van der Waals surface area contributed by atoms with E-state index in [-0.39, 0.29) is 11.0 Å². The van der Waals surface area contributed by atoms with Crippen LogP contribution in [0, 0.1) is 0 Å². The first-order chi connectivity index (χ1) is 11.6. The summed E-state index contributed by atoms with van der Waals surface area (Å²) in [5, 5.41) is 22.9. The molecule has 2 aromatic carbocycles. The van der Waals surface area contributed by atoms with Gasteiger partial charge in [0, 0.05) is 5.39 Å². The number of hydrogen-bond acceptors (Lipinski definition) is 4. The summed E-state index contributed by atoms with van der Waals surface area (Å²) in [7, 11) is 0. The van der Waals surface area contributed by atoms with Crippen molar-refractivity contribution in [3.8, 4) is 5.88 Å². The molecule has 1 aromatic heterocycles. The Kier molecular flexibility index (Phi) is 4.62. The lowest BCUT2D eigenvalue weighted by atomic mass is 10.1. The fourth-order valence-corrected chi connectivity index (χ4v) is 2.29. The molecule has 3 aromatic rings. The highest BCUT2D eigenvalue weighted by Crippen LogP contribution is 2.35. The highest BCUT2D eigenvalue weighted by molar-refractivity contribution is 7.80. The Bertz CT molecular complexity index is 931. The minimum Gasteiger partial charge on any atom is -0.493 e. The van der Waals surface area contributed by atoms with Gasteiger partial charge in [-0.25, -0.2) is 0 Å². The van der Waals surface area contributed by atoms with E-state index in [1.54, 1.807) is 0 Å². The molecule has 0 aliphatic heterocycles. The van der Waals surface area contributed by atoms with Gasteiger partial charge in [0.15, 0.2) is 5.69 Å². The number of azo groups is 1. The fourth-order valence-electron chi connectivity index (χ4n) is 2.21. The van der Waals surface area contributed by atoms with Gasteiger partial charge in [0.2, 0.25) is 11.0 Å². The highest BCUT2D eigenvalue weighted by Gasteiger charge is 2.09. The molecule has 1 heterocycles. The molecule has 0 bridgehead atoms. The van der Waals surface area contributed by atoms with Gasteiger partial charge in [-0.15, -0.1) is 10.2 Å². The number of fused-ring (bicyclic) bond motifs is 1. The fraction of sp³-hybridized carbons (Fsp3) is 0.0588. The van der Waals surface area contributed by atoms with E-state index < -0.39 is 0 Å². The van der Waals surface area contributed by atoms with Crippen molar-refractivity contribution in [2.24, 2.45) is 15.3 Å². The maximum Gasteiger partial charge on any atom is 0.234 e. The molecule has 0 saturated carbocycles. The molecule has 0 saturated heterocycles. The van der Waals surface area contributed by atoms with Gasteiger partial charge in [-0.2, -0.15) is 5.10 Å². The molecule has 3 rings (SSSR count). The first-order valence-corrected chi connectivity index (χ1v) is 7.67. The third-order valence-corrected chi connectivity index (χ3v) is 3.58. The van der Waals surface area contributed by atoms with Gasteiger partial charge >= 0.3 is 0 Å². The van der Waals surface area contributed by atoms with Crippen molar-refractivity contribution in [1.29, 1.82) is 0 Å². The van der Waals surface area contributed by atoms with Gasteiger partial charge in [0.05, 0.1) is 11.2 Å². The molecule has 0 atom stereocenters. The predicted octanol–water partition coefficient (Wildman–Crippen LogP) is 4.26. The first-order valence-electron chi connectivity index (χ1n) is 7.26. The van der Waals surface area contributed by atoms with Crippen molar-refractivity contribution in [3.05, 3.63) is 60.2 Å². The number of hydrogen-bond donors (Lipinski definition) is 3. The molecular formula is C17H15N5OS. The Morgan fingerprint density at radius 2 is 1.79 bits per heavy atom. The number of benzene rings is 2. The highest BCUT2D eigenvalue weighted by atomic mass is 32.1. The number of aromatic hydroxyl groups is 1. The maximum absolute atomic E-state index is 9.91. The number of hydrazone groups is 1. The second-order valence-corrected chi connectivity index (χ2v) is 5.43. The SMILES string of the molecule is C/C(=N\NC(=S)N=Nc1c(O)[nH]c2ccccc12)c1ccccc1. The summed E-state index contributed by atoms with van der Waals surface area (Å²) in [6, 6.07) is 17.1.